The van der Waals surface area contributed by atoms with Crippen molar-refractivity contribution in [3.63, 3.8) is 0 Å². The third kappa shape index (κ3) is 6.23. The predicted molar refractivity (Wildman–Crippen MR) is 172 cm³/mol. The Hall–Kier alpha value is -5.23. The number of amides is 2. The van der Waals surface area contributed by atoms with Crippen molar-refractivity contribution in [2.75, 3.05) is 14.2 Å². The molecule has 2 N–H and O–H groups in total. The van der Waals surface area contributed by atoms with E-state index in [4.69, 9.17) is 13.9 Å². The minimum atomic E-state index is -2.95. The van der Waals surface area contributed by atoms with Crippen LogP contribution >= 0.6 is 0 Å². The minimum Gasteiger partial charge on any atom is -0.496 e. The van der Waals surface area contributed by atoms with Gasteiger partial charge in [0.15, 0.2) is 5.82 Å². The first-order chi connectivity index (χ1) is 23.2. The zero-order valence-corrected chi connectivity index (χ0v) is 26.5. The minimum absolute atomic E-state index is 0.0611. The summed E-state index contributed by atoms with van der Waals surface area (Å²) in [5.41, 5.74) is 2.78. The number of rotatable bonds is 11. The topological polar surface area (TPSA) is 116 Å². The number of nitrogens with zero attached hydrogens (tertiary/aromatic N) is 2. The molecule has 2 aromatic heterocycles. The quantitative estimate of drug-likeness (QED) is 0.156. The molecule has 0 radical (unpaired) electrons. The molecule has 1 saturated carbocycles. The van der Waals surface area contributed by atoms with Crippen LogP contribution in [0.2, 0.25) is 0 Å². The number of fused-ring (bicyclic) bond motifs is 1. The van der Waals surface area contributed by atoms with Crippen LogP contribution < -0.4 is 15.4 Å². The average Bonchev–Trinajstić information content (AvgIpc) is 3.45. The second-order valence-electron chi connectivity index (χ2n) is 11.6. The zero-order chi connectivity index (χ0) is 34.0. The van der Waals surface area contributed by atoms with E-state index < -0.39 is 30.0 Å². The molecule has 248 valence electrons. The van der Waals surface area contributed by atoms with Gasteiger partial charge in [0, 0.05) is 43.2 Å². The molecule has 1 fully saturated rings. The number of aryl methyl sites for hydroxylation is 1. The van der Waals surface area contributed by atoms with Gasteiger partial charge in [-0.15, -0.1) is 0 Å². The van der Waals surface area contributed by atoms with Crippen molar-refractivity contribution in [2.45, 2.75) is 50.9 Å². The molecule has 9 nitrogen and oxygen atoms in total. The van der Waals surface area contributed by atoms with Crippen molar-refractivity contribution in [1.29, 1.82) is 0 Å². The van der Waals surface area contributed by atoms with E-state index in [-0.39, 0.29) is 30.1 Å². The molecule has 1 aliphatic carbocycles. The Balaban J connectivity index is 1.43. The second-order valence-corrected chi connectivity index (χ2v) is 11.6. The van der Waals surface area contributed by atoms with Crippen LogP contribution in [0.4, 0.5) is 13.2 Å². The predicted octanol–water partition coefficient (Wildman–Crippen LogP) is 7.04. The molecule has 6 rings (SSSR count). The van der Waals surface area contributed by atoms with Gasteiger partial charge < -0.3 is 24.5 Å². The van der Waals surface area contributed by atoms with Crippen LogP contribution in [-0.4, -0.2) is 48.7 Å². The fraction of sp³-hybridized carbons (Fsp3) is 0.278. The highest BCUT2D eigenvalue weighted by Gasteiger charge is 2.51. The number of halogens is 3. The number of nitrogens with one attached hydrogen (secondary N) is 2. The maximum absolute atomic E-state index is 14.0. The molecule has 3 aromatic carbocycles. The van der Waals surface area contributed by atoms with Gasteiger partial charge in [-0.05, 0) is 77.7 Å². The van der Waals surface area contributed by atoms with E-state index in [0.717, 1.165) is 17.5 Å². The largest absolute Gasteiger partial charge is 0.496 e. The van der Waals surface area contributed by atoms with Gasteiger partial charge in [0.1, 0.15) is 28.4 Å². The Morgan fingerprint density at radius 3 is 2.38 bits per heavy atom. The monoisotopic (exact) mass is 658 g/mol. The molecule has 2 amide bonds. The number of hydrogen-bond donors (Lipinski definition) is 2. The molecule has 0 saturated heterocycles. The molecule has 0 bridgehead atoms. The highest BCUT2D eigenvalue weighted by Crippen LogP contribution is 2.43. The average molecular weight is 659 g/mol. The highest BCUT2D eigenvalue weighted by molar-refractivity contribution is 6.12. The van der Waals surface area contributed by atoms with E-state index in [1.807, 2.05) is 25.1 Å². The molecule has 1 aliphatic rings. The number of methoxy groups -OCH3 is 1. The van der Waals surface area contributed by atoms with E-state index in [2.05, 4.69) is 20.6 Å². The Labute approximate surface area is 274 Å². The van der Waals surface area contributed by atoms with E-state index in [0.29, 0.717) is 45.6 Å². The number of carbonyl (C=O) groups is 2. The number of furan rings is 1. The van der Waals surface area contributed by atoms with E-state index >= 15 is 0 Å². The van der Waals surface area contributed by atoms with Gasteiger partial charge in [-0.2, -0.15) is 8.78 Å². The Kier molecular flexibility index (Phi) is 9.18. The number of alkyl halides is 2. The summed E-state index contributed by atoms with van der Waals surface area (Å²) in [6.07, 6.45) is 3.85. The Bertz CT molecular complexity index is 1960. The second kappa shape index (κ2) is 13.5. The van der Waals surface area contributed by atoms with Gasteiger partial charge in [0.2, 0.25) is 0 Å². The maximum atomic E-state index is 14.0. The van der Waals surface area contributed by atoms with E-state index in [1.54, 1.807) is 30.3 Å². The van der Waals surface area contributed by atoms with Crippen molar-refractivity contribution in [2.24, 2.45) is 0 Å². The van der Waals surface area contributed by atoms with Crippen LogP contribution in [0.15, 0.2) is 77.5 Å². The number of carbonyl (C=O) groups excluding carboxylic acids is 2. The lowest BCUT2D eigenvalue weighted by atomic mass is 9.73. The van der Waals surface area contributed by atoms with Gasteiger partial charge in [-0.25, -0.2) is 14.4 Å². The van der Waals surface area contributed by atoms with Crippen molar-refractivity contribution in [3.8, 4) is 28.2 Å². The third-order valence-electron chi connectivity index (χ3n) is 8.54. The molecule has 0 spiro atoms. The van der Waals surface area contributed by atoms with Gasteiger partial charge in [-0.1, -0.05) is 19.4 Å². The van der Waals surface area contributed by atoms with Crippen molar-refractivity contribution in [1.82, 2.24) is 20.6 Å². The van der Waals surface area contributed by atoms with Crippen LogP contribution in [0.25, 0.3) is 33.4 Å². The molecular weight excluding hydrogens is 625 g/mol. The highest BCUT2D eigenvalue weighted by atomic mass is 19.3. The lowest BCUT2D eigenvalue weighted by molar-refractivity contribution is -0.198. The standard InChI is InChI=1S/C36H33F3N4O5/c1-4-6-21-16-29-26(30(33(45)40-2)31(48-29)20-7-10-23(37)11-8-20)17-25(21)22-9-12-28(46-3)27(15-22)32(44)43-36(34-41-13-5-14-42-34)18-24(19-36)47-35(38)39/h5,7-17,24,35H,4,6,18-19H2,1-3H3,(H,40,45)(H,43,44). The maximum Gasteiger partial charge on any atom is 0.345 e. The molecule has 2 heterocycles. The molecule has 5 aromatic rings. The van der Waals surface area contributed by atoms with E-state index in [9.17, 15) is 22.8 Å². The van der Waals surface area contributed by atoms with Gasteiger partial charge >= 0.3 is 6.61 Å². The number of aromatic nitrogens is 2. The van der Waals surface area contributed by atoms with Crippen LogP contribution in [0, 0.1) is 5.82 Å². The normalized spacial score (nSPS) is 17.3. The summed E-state index contributed by atoms with van der Waals surface area (Å²) >= 11 is 0. The Morgan fingerprint density at radius 2 is 1.73 bits per heavy atom. The molecule has 0 atom stereocenters. The first-order valence-corrected chi connectivity index (χ1v) is 15.5. The van der Waals surface area contributed by atoms with Gasteiger partial charge in [0.25, 0.3) is 11.8 Å². The lowest BCUT2D eigenvalue weighted by Crippen LogP contribution is -2.58. The van der Waals surface area contributed by atoms with Crippen LogP contribution in [-0.2, 0) is 16.7 Å². The van der Waals surface area contributed by atoms with Crippen molar-refractivity contribution >= 4 is 22.8 Å². The molecule has 12 heteroatoms. The van der Waals surface area contributed by atoms with Gasteiger partial charge in [0.05, 0.1) is 24.3 Å². The Morgan fingerprint density at radius 1 is 1.02 bits per heavy atom. The number of hydrogen-bond acceptors (Lipinski definition) is 7. The lowest BCUT2D eigenvalue weighted by Gasteiger charge is -2.46. The summed E-state index contributed by atoms with van der Waals surface area (Å²) in [4.78, 5) is 35.8. The van der Waals surface area contributed by atoms with Crippen LogP contribution in [0.5, 0.6) is 5.75 Å². The van der Waals surface area contributed by atoms with Gasteiger partial charge in [-0.3, -0.25) is 9.59 Å². The van der Waals surface area contributed by atoms with Crippen molar-refractivity contribution < 1.29 is 36.7 Å². The summed E-state index contributed by atoms with van der Waals surface area (Å²) < 4.78 is 56.2. The number of ether oxygens (including phenoxy) is 2. The third-order valence-corrected chi connectivity index (χ3v) is 8.54. The SMILES string of the molecule is CCCc1cc2oc(-c3ccc(F)cc3)c(C(=O)NC)c2cc1-c1ccc(OC)c(C(=O)NC2(c3ncccn3)CC(OC(F)F)C2)c1. The van der Waals surface area contributed by atoms with Crippen LogP contribution in [0.3, 0.4) is 0 Å². The molecule has 48 heavy (non-hydrogen) atoms. The summed E-state index contributed by atoms with van der Waals surface area (Å²) in [6, 6.07) is 16.3. The summed E-state index contributed by atoms with van der Waals surface area (Å²) in [6.45, 7) is -0.907. The number of benzene rings is 3. The molecule has 0 unspecified atom stereocenters. The smallest absolute Gasteiger partial charge is 0.345 e. The van der Waals surface area contributed by atoms with Crippen LogP contribution in [0.1, 0.15) is 58.3 Å². The molecular formula is C36H33F3N4O5. The molecule has 0 aliphatic heterocycles. The summed E-state index contributed by atoms with van der Waals surface area (Å²) in [5.74, 6) is -0.406. The first kappa shape index (κ1) is 32.7. The first-order valence-electron chi connectivity index (χ1n) is 15.5. The van der Waals surface area contributed by atoms with E-state index in [1.165, 1.54) is 38.7 Å². The fourth-order valence-electron chi connectivity index (χ4n) is 6.27. The fourth-order valence-corrected chi connectivity index (χ4v) is 6.27. The summed E-state index contributed by atoms with van der Waals surface area (Å²) in [7, 11) is 2.97. The van der Waals surface area contributed by atoms with Crippen molar-refractivity contribution in [3.05, 3.63) is 101 Å². The zero-order valence-electron chi connectivity index (χ0n) is 26.5. The summed E-state index contributed by atoms with van der Waals surface area (Å²) in [5, 5.41) is 6.20.